The monoisotopic (exact) mass is 440 g/mol. The number of sulfone groups is 1. The predicted molar refractivity (Wildman–Crippen MR) is 117 cm³/mol. The van der Waals surface area contributed by atoms with Gasteiger partial charge in [-0.15, -0.1) is 0 Å². The Morgan fingerprint density at radius 2 is 1.80 bits per heavy atom. The van der Waals surface area contributed by atoms with Crippen molar-refractivity contribution in [1.82, 2.24) is 9.97 Å². The molecule has 2 atom stereocenters. The van der Waals surface area contributed by atoms with E-state index in [2.05, 4.69) is 16.8 Å². The van der Waals surface area contributed by atoms with Crippen LogP contribution < -0.4 is 4.90 Å². The lowest BCUT2D eigenvalue weighted by Gasteiger charge is -2.33. The van der Waals surface area contributed by atoms with E-state index in [0.717, 1.165) is 25.9 Å². The molecule has 1 aromatic heterocycles. The maximum Gasteiger partial charge on any atom is 0.200 e. The fourth-order valence-electron chi connectivity index (χ4n) is 3.83. The molecule has 8 heteroatoms. The molecule has 1 aliphatic rings. The molecule has 30 heavy (non-hydrogen) atoms. The quantitative estimate of drug-likeness (QED) is 0.591. The van der Waals surface area contributed by atoms with E-state index in [1.54, 1.807) is 6.07 Å². The summed E-state index contributed by atoms with van der Waals surface area (Å²) in [7, 11) is -4.01. The zero-order valence-electron chi connectivity index (χ0n) is 16.5. The molecule has 2 heterocycles. The van der Waals surface area contributed by atoms with Crippen LogP contribution in [-0.4, -0.2) is 31.5 Å². The number of benzene rings is 2. The molecule has 0 N–H and O–H groups in total. The van der Waals surface area contributed by atoms with Gasteiger partial charge in [0.2, 0.25) is 9.84 Å². The van der Waals surface area contributed by atoms with Crippen molar-refractivity contribution in [2.24, 2.45) is 5.92 Å². The summed E-state index contributed by atoms with van der Waals surface area (Å²) in [5.74, 6) is 0.928. The topological polar surface area (TPSA) is 86.9 Å². The highest BCUT2D eigenvalue weighted by Gasteiger charge is 2.35. The predicted octanol–water partition coefficient (Wildman–Crippen LogP) is 4.56. The first-order valence-corrected chi connectivity index (χ1v) is 11.7. The number of hydrogen-bond acceptors (Lipinski definition) is 6. The van der Waals surface area contributed by atoms with Gasteiger partial charge in [0.05, 0.1) is 22.0 Å². The van der Waals surface area contributed by atoms with Crippen LogP contribution in [0.3, 0.4) is 0 Å². The van der Waals surface area contributed by atoms with Crippen LogP contribution in [-0.2, 0) is 9.84 Å². The number of nitriles is 1. The number of halogens is 1. The molecule has 0 bridgehead atoms. The fourth-order valence-corrected chi connectivity index (χ4v) is 5.34. The highest BCUT2D eigenvalue weighted by molar-refractivity contribution is 7.92. The van der Waals surface area contributed by atoms with Gasteiger partial charge in [-0.2, -0.15) is 5.26 Å². The number of aromatic nitrogens is 2. The van der Waals surface area contributed by atoms with Crippen LogP contribution in [0.5, 0.6) is 0 Å². The van der Waals surface area contributed by atoms with E-state index in [9.17, 15) is 13.7 Å². The van der Waals surface area contributed by atoms with Crippen molar-refractivity contribution >= 4 is 38.3 Å². The normalized spacial score (nSPS) is 18.2. The van der Waals surface area contributed by atoms with Gasteiger partial charge in [-0.3, -0.25) is 0 Å². The van der Waals surface area contributed by atoms with Crippen molar-refractivity contribution in [2.45, 2.75) is 29.9 Å². The minimum absolute atomic E-state index is 0.0337. The third kappa shape index (κ3) is 3.85. The molecule has 2 aromatic carbocycles. The maximum absolute atomic E-state index is 13.4. The van der Waals surface area contributed by atoms with Crippen LogP contribution in [0, 0.1) is 17.2 Å². The molecule has 0 radical (unpaired) electrons. The Kier molecular flexibility index (Phi) is 5.63. The summed E-state index contributed by atoms with van der Waals surface area (Å²) < 4.78 is 26.7. The van der Waals surface area contributed by atoms with Crippen LogP contribution in [0.4, 0.5) is 5.82 Å². The van der Waals surface area contributed by atoms with Gasteiger partial charge in [-0.05, 0) is 55.2 Å². The lowest BCUT2D eigenvalue weighted by molar-refractivity contribution is 0.443. The summed E-state index contributed by atoms with van der Waals surface area (Å²) in [6.45, 7) is 3.66. The number of para-hydroxylation sites is 2. The smallest absolute Gasteiger partial charge is 0.200 e. The van der Waals surface area contributed by atoms with E-state index < -0.39 is 15.1 Å². The summed E-state index contributed by atoms with van der Waals surface area (Å²) in [4.78, 5) is 11.5. The molecule has 3 aromatic rings. The van der Waals surface area contributed by atoms with Gasteiger partial charge in [0.1, 0.15) is 5.69 Å². The second kappa shape index (κ2) is 8.21. The fraction of sp³-hybridized carbons (Fsp3) is 0.318. The Labute approximate surface area is 181 Å². The highest BCUT2D eigenvalue weighted by atomic mass is 35.5. The van der Waals surface area contributed by atoms with Gasteiger partial charge in [-0.1, -0.05) is 30.7 Å². The molecule has 1 saturated heterocycles. The van der Waals surface area contributed by atoms with Gasteiger partial charge < -0.3 is 4.90 Å². The first-order chi connectivity index (χ1) is 14.4. The number of nitrogens with zero attached hydrogens (tertiary/aromatic N) is 4. The number of anilines is 1. The van der Waals surface area contributed by atoms with E-state index in [0.29, 0.717) is 27.8 Å². The third-order valence-electron chi connectivity index (χ3n) is 5.35. The van der Waals surface area contributed by atoms with E-state index in [1.807, 2.05) is 24.3 Å². The van der Waals surface area contributed by atoms with Gasteiger partial charge in [0.25, 0.3) is 0 Å². The van der Waals surface area contributed by atoms with Crippen molar-refractivity contribution in [1.29, 1.82) is 5.26 Å². The zero-order chi connectivity index (χ0) is 21.3. The number of hydrogen-bond donors (Lipinski definition) is 0. The molecular weight excluding hydrogens is 420 g/mol. The lowest BCUT2D eigenvalue weighted by Crippen LogP contribution is -2.36. The standard InChI is InChI=1S/C22H21ClN4O2S/c1-15-5-4-12-27(14-15)22-21(25-18-6-2-3-7-19(18)26-22)20(13-24)30(28,29)17-10-8-16(23)9-11-17/h2-3,6-11,15,20H,4-5,12,14H2,1H3/t15-,20-/m1/s1. The van der Waals surface area contributed by atoms with E-state index in [-0.39, 0.29) is 10.6 Å². The van der Waals surface area contributed by atoms with Gasteiger partial charge in [0.15, 0.2) is 11.1 Å². The first-order valence-electron chi connectivity index (χ1n) is 9.81. The Morgan fingerprint density at radius 1 is 1.13 bits per heavy atom. The van der Waals surface area contributed by atoms with Crippen molar-refractivity contribution in [3.05, 3.63) is 59.2 Å². The second-order valence-corrected chi connectivity index (χ2v) is 10.1. The van der Waals surface area contributed by atoms with Gasteiger partial charge in [-0.25, -0.2) is 18.4 Å². The number of fused-ring (bicyclic) bond motifs is 1. The van der Waals surface area contributed by atoms with E-state index in [1.165, 1.54) is 24.3 Å². The molecular formula is C22H21ClN4O2S. The second-order valence-electron chi connectivity index (χ2n) is 7.62. The molecule has 0 saturated carbocycles. The molecule has 4 rings (SSSR count). The van der Waals surface area contributed by atoms with Crippen molar-refractivity contribution in [3.8, 4) is 6.07 Å². The molecule has 6 nitrogen and oxygen atoms in total. The summed E-state index contributed by atoms with van der Waals surface area (Å²) in [6.07, 6.45) is 2.09. The maximum atomic E-state index is 13.4. The number of piperidine rings is 1. The van der Waals surface area contributed by atoms with Crippen LogP contribution in [0.25, 0.3) is 11.0 Å². The van der Waals surface area contributed by atoms with Gasteiger partial charge >= 0.3 is 0 Å². The van der Waals surface area contributed by atoms with Crippen LogP contribution in [0.2, 0.25) is 5.02 Å². The Morgan fingerprint density at radius 3 is 2.43 bits per heavy atom. The van der Waals surface area contributed by atoms with Crippen LogP contribution in [0.15, 0.2) is 53.4 Å². The summed E-state index contributed by atoms with van der Waals surface area (Å²) in [5, 5.41) is 8.89. The summed E-state index contributed by atoms with van der Waals surface area (Å²) in [6, 6.07) is 15.1. The molecule has 0 spiro atoms. The zero-order valence-corrected chi connectivity index (χ0v) is 18.1. The molecule has 1 fully saturated rings. The van der Waals surface area contributed by atoms with Crippen molar-refractivity contribution in [2.75, 3.05) is 18.0 Å². The molecule has 0 unspecified atom stereocenters. The third-order valence-corrected chi connectivity index (χ3v) is 7.48. The Balaban J connectivity index is 1.89. The van der Waals surface area contributed by atoms with Crippen molar-refractivity contribution < 1.29 is 8.42 Å². The minimum atomic E-state index is -4.01. The summed E-state index contributed by atoms with van der Waals surface area (Å²) in [5.41, 5.74) is 1.42. The molecule has 154 valence electrons. The highest BCUT2D eigenvalue weighted by Crippen LogP contribution is 2.35. The SMILES string of the molecule is C[C@@H]1CCCN(c2nc3ccccc3nc2[C@@H](C#N)S(=O)(=O)c2ccc(Cl)cc2)C1. The largest absolute Gasteiger partial charge is 0.355 e. The van der Waals surface area contributed by atoms with Gasteiger partial charge in [0, 0.05) is 18.1 Å². The Bertz CT molecular complexity index is 1220. The Hall–Kier alpha value is -2.69. The van der Waals surface area contributed by atoms with Crippen LogP contribution in [0.1, 0.15) is 30.7 Å². The molecule has 0 aliphatic carbocycles. The molecule has 0 amide bonds. The first kappa shape index (κ1) is 20.6. The van der Waals surface area contributed by atoms with Crippen LogP contribution >= 0.6 is 11.6 Å². The average molecular weight is 441 g/mol. The van der Waals surface area contributed by atoms with Crippen molar-refractivity contribution in [3.63, 3.8) is 0 Å². The lowest BCUT2D eigenvalue weighted by atomic mass is 10.00. The number of rotatable bonds is 4. The summed E-state index contributed by atoms with van der Waals surface area (Å²) >= 11 is 5.91. The van der Waals surface area contributed by atoms with E-state index in [4.69, 9.17) is 16.6 Å². The van der Waals surface area contributed by atoms with E-state index >= 15 is 0 Å². The average Bonchev–Trinajstić information content (AvgIpc) is 2.74. The molecule has 1 aliphatic heterocycles. The minimum Gasteiger partial charge on any atom is -0.355 e.